The number of morpholine rings is 2. The maximum atomic E-state index is 12.5. The Morgan fingerprint density at radius 3 is 2.28 bits per heavy atom. The van der Waals surface area contributed by atoms with Gasteiger partial charge in [0.25, 0.3) is 0 Å². The van der Waals surface area contributed by atoms with Crippen molar-refractivity contribution < 1.29 is 14.3 Å². The van der Waals surface area contributed by atoms with Gasteiger partial charge in [0.05, 0.1) is 31.5 Å². The van der Waals surface area contributed by atoms with Crippen LogP contribution in [-0.4, -0.2) is 73.3 Å². The van der Waals surface area contributed by atoms with Gasteiger partial charge in [-0.25, -0.2) is 0 Å². The summed E-state index contributed by atoms with van der Waals surface area (Å²) in [5.41, 5.74) is 0. The van der Waals surface area contributed by atoms with Crippen molar-refractivity contribution in [2.75, 3.05) is 39.4 Å². The minimum Gasteiger partial charge on any atom is -0.379 e. The van der Waals surface area contributed by atoms with Crippen molar-refractivity contribution in [3.8, 4) is 0 Å². The Kier molecular flexibility index (Phi) is 4.59. The van der Waals surface area contributed by atoms with E-state index >= 15 is 0 Å². The van der Waals surface area contributed by atoms with Gasteiger partial charge in [-0.2, -0.15) is 0 Å². The van der Waals surface area contributed by atoms with E-state index in [0.29, 0.717) is 13.1 Å². The Hall–Kier alpha value is -0.650. The van der Waals surface area contributed by atoms with Crippen molar-refractivity contribution in [1.82, 2.24) is 9.80 Å². The van der Waals surface area contributed by atoms with E-state index in [2.05, 4.69) is 4.90 Å². The van der Waals surface area contributed by atoms with E-state index in [1.165, 1.54) is 0 Å². The van der Waals surface area contributed by atoms with E-state index in [9.17, 15) is 4.79 Å². The summed E-state index contributed by atoms with van der Waals surface area (Å²) in [7, 11) is 0. The van der Waals surface area contributed by atoms with E-state index < -0.39 is 0 Å². The molecule has 0 N–H and O–H groups in total. The van der Waals surface area contributed by atoms with Crippen molar-refractivity contribution in [3.05, 3.63) is 0 Å². The average Bonchev–Trinajstić information content (AvgIpc) is 2.37. The molecule has 0 aliphatic carbocycles. The highest BCUT2D eigenvalue weighted by atomic mass is 16.5. The molecular weight excluding hydrogens is 232 g/mol. The van der Waals surface area contributed by atoms with Gasteiger partial charge in [-0.15, -0.1) is 0 Å². The van der Waals surface area contributed by atoms with Crippen LogP contribution in [0.15, 0.2) is 0 Å². The zero-order valence-corrected chi connectivity index (χ0v) is 11.6. The van der Waals surface area contributed by atoms with E-state index in [1.807, 2.05) is 25.7 Å². The van der Waals surface area contributed by atoms with Crippen molar-refractivity contribution in [2.24, 2.45) is 0 Å². The second kappa shape index (κ2) is 5.99. The van der Waals surface area contributed by atoms with E-state index in [4.69, 9.17) is 9.47 Å². The van der Waals surface area contributed by atoms with Crippen molar-refractivity contribution in [3.63, 3.8) is 0 Å². The third-order valence-electron chi connectivity index (χ3n) is 3.68. The molecule has 2 aliphatic heterocycles. The average molecular weight is 256 g/mol. The summed E-state index contributed by atoms with van der Waals surface area (Å²) in [6.45, 7) is 10.6. The molecule has 0 bridgehead atoms. The zero-order valence-electron chi connectivity index (χ0n) is 11.6. The van der Waals surface area contributed by atoms with Crippen molar-refractivity contribution in [1.29, 1.82) is 0 Å². The molecule has 2 aliphatic rings. The quantitative estimate of drug-likeness (QED) is 0.714. The van der Waals surface area contributed by atoms with Gasteiger partial charge >= 0.3 is 0 Å². The van der Waals surface area contributed by atoms with Crippen molar-refractivity contribution in [2.45, 2.75) is 39.0 Å². The van der Waals surface area contributed by atoms with Crippen LogP contribution >= 0.6 is 0 Å². The lowest BCUT2D eigenvalue weighted by Gasteiger charge is -2.39. The number of ether oxygens (including phenoxy) is 2. The molecule has 5 heteroatoms. The molecule has 0 saturated carbocycles. The first-order chi connectivity index (χ1) is 8.58. The van der Waals surface area contributed by atoms with E-state index in [-0.39, 0.29) is 24.2 Å². The van der Waals surface area contributed by atoms with Crippen LogP contribution in [0.4, 0.5) is 0 Å². The number of carbonyl (C=O) groups excluding carboxylic acids is 1. The first kappa shape index (κ1) is 13.8. The SMILES string of the molecule is CC1CN(C(=O)C(C)N2CCOCC2)CC(C)O1. The molecule has 0 aromatic heterocycles. The summed E-state index contributed by atoms with van der Waals surface area (Å²) >= 11 is 0. The molecule has 2 heterocycles. The number of nitrogens with zero attached hydrogens (tertiary/aromatic N) is 2. The fraction of sp³-hybridized carbons (Fsp3) is 0.923. The van der Waals surface area contributed by atoms with Gasteiger partial charge in [-0.05, 0) is 20.8 Å². The standard InChI is InChI=1S/C13H24N2O3/c1-10-8-15(9-11(2)18-10)13(16)12(3)14-4-6-17-7-5-14/h10-12H,4-9H2,1-3H3. The molecule has 0 aromatic rings. The van der Waals surface area contributed by atoms with Crippen LogP contribution in [-0.2, 0) is 14.3 Å². The minimum atomic E-state index is -0.0496. The second-order valence-corrected chi connectivity index (χ2v) is 5.32. The third-order valence-corrected chi connectivity index (χ3v) is 3.68. The van der Waals surface area contributed by atoms with Gasteiger partial charge in [-0.3, -0.25) is 9.69 Å². The summed E-state index contributed by atoms with van der Waals surface area (Å²) in [6, 6.07) is -0.0496. The number of hydrogen-bond donors (Lipinski definition) is 0. The van der Waals surface area contributed by atoms with Gasteiger partial charge in [-0.1, -0.05) is 0 Å². The van der Waals surface area contributed by atoms with Crippen LogP contribution in [0.5, 0.6) is 0 Å². The first-order valence-corrected chi connectivity index (χ1v) is 6.84. The molecule has 0 radical (unpaired) electrons. The van der Waals surface area contributed by atoms with E-state index in [1.54, 1.807) is 0 Å². The number of rotatable bonds is 2. The number of hydrogen-bond acceptors (Lipinski definition) is 4. The Morgan fingerprint density at radius 1 is 1.17 bits per heavy atom. The molecule has 0 aromatic carbocycles. The van der Waals surface area contributed by atoms with Crippen LogP contribution in [0, 0.1) is 0 Å². The molecular formula is C13H24N2O3. The van der Waals surface area contributed by atoms with Crippen LogP contribution in [0.2, 0.25) is 0 Å². The highest BCUT2D eigenvalue weighted by Gasteiger charge is 2.31. The van der Waals surface area contributed by atoms with E-state index in [0.717, 1.165) is 26.3 Å². The highest BCUT2D eigenvalue weighted by Crippen LogP contribution is 2.14. The molecule has 3 atom stereocenters. The van der Waals surface area contributed by atoms with Crippen LogP contribution in [0.3, 0.4) is 0 Å². The predicted octanol–water partition coefficient (Wildman–Crippen LogP) is 0.343. The minimum absolute atomic E-state index is 0.0496. The largest absolute Gasteiger partial charge is 0.379 e. The maximum absolute atomic E-state index is 12.5. The molecule has 0 spiro atoms. The number of amides is 1. The Bertz CT molecular complexity index is 282. The monoisotopic (exact) mass is 256 g/mol. The summed E-state index contributed by atoms with van der Waals surface area (Å²) in [5.74, 6) is 0.221. The molecule has 18 heavy (non-hydrogen) atoms. The normalized spacial score (nSPS) is 32.3. The smallest absolute Gasteiger partial charge is 0.239 e. The fourth-order valence-corrected chi connectivity index (χ4v) is 2.74. The van der Waals surface area contributed by atoms with Gasteiger partial charge in [0.2, 0.25) is 5.91 Å². The first-order valence-electron chi connectivity index (χ1n) is 6.84. The van der Waals surface area contributed by atoms with Crippen molar-refractivity contribution >= 4 is 5.91 Å². The van der Waals surface area contributed by atoms with Gasteiger partial charge < -0.3 is 14.4 Å². The highest BCUT2D eigenvalue weighted by molar-refractivity contribution is 5.81. The molecule has 3 unspecified atom stereocenters. The Labute approximate surface area is 109 Å². The fourth-order valence-electron chi connectivity index (χ4n) is 2.74. The molecule has 5 nitrogen and oxygen atoms in total. The molecule has 2 saturated heterocycles. The summed E-state index contributed by atoms with van der Waals surface area (Å²) in [6.07, 6.45) is 0.268. The molecule has 1 amide bonds. The lowest BCUT2D eigenvalue weighted by Crippen LogP contribution is -2.55. The van der Waals surface area contributed by atoms with Gasteiger partial charge in [0.15, 0.2) is 0 Å². The lowest BCUT2D eigenvalue weighted by atomic mass is 10.1. The summed E-state index contributed by atoms with van der Waals surface area (Å²) < 4.78 is 11.0. The Morgan fingerprint density at radius 2 is 1.72 bits per heavy atom. The summed E-state index contributed by atoms with van der Waals surface area (Å²) in [4.78, 5) is 16.6. The number of carbonyl (C=O) groups is 1. The molecule has 104 valence electrons. The van der Waals surface area contributed by atoms with Crippen LogP contribution in [0.1, 0.15) is 20.8 Å². The third kappa shape index (κ3) is 3.22. The summed E-state index contributed by atoms with van der Waals surface area (Å²) in [5, 5.41) is 0. The zero-order chi connectivity index (χ0) is 13.1. The molecule has 2 rings (SSSR count). The Balaban J connectivity index is 1.92. The maximum Gasteiger partial charge on any atom is 0.239 e. The van der Waals surface area contributed by atoms with Gasteiger partial charge in [0, 0.05) is 26.2 Å². The van der Waals surface area contributed by atoms with Gasteiger partial charge in [0.1, 0.15) is 0 Å². The predicted molar refractivity (Wildman–Crippen MR) is 68.4 cm³/mol. The lowest BCUT2D eigenvalue weighted by molar-refractivity contribution is -0.149. The molecule has 2 fully saturated rings. The topological polar surface area (TPSA) is 42.0 Å². The second-order valence-electron chi connectivity index (χ2n) is 5.32. The van der Waals surface area contributed by atoms with Crippen LogP contribution in [0.25, 0.3) is 0 Å². The van der Waals surface area contributed by atoms with Crippen LogP contribution < -0.4 is 0 Å².